The standard InChI is InChI=1S/C17H20FNO/c1-3-17(4-2,13-8-6-5-7-9-13)16(20)14-10-11-19-12-15(14)18/h5-12,16,20H,3-4H2,1-2H3. The number of rotatable bonds is 5. The molecule has 106 valence electrons. The van der Waals surface area contributed by atoms with Gasteiger partial charge < -0.3 is 5.11 Å². The molecule has 0 aliphatic heterocycles. The van der Waals surface area contributed by atoms with E-state index < -0.39 is 17.3 Å². The molecule has 1 heterocycles. The van der Waals surface area contributed by atoms with Crippen molar-refractivity contribution in [1.29, 1.82) is 0 Å². The van der Waals surface area contributed by atoms with Crippen molar-refractivity contribution in [3.8, 4) is 0 Å². The molecule has 2 aromatic rings. The fourth-order valence-electron chi connectivity index (χ4n) is 2.88. The van der Waals surface area contributed by atoms with E-state index >= 15 is 0 Å². The first-order valence-corrected chi connectivity index (χ1v) is 6.98. The molecule has 0 amide bonds. The van der Waals surface area contributed by atoms with Crippen molar-refractivity contribution in [1.82, 2.24) is 4.98 Å². The molecule has 1 N–H and O–H groups in total. The van der Waals surface area contributed by atoms with E-state index in [0.717, 1.165) is 24.6 Å². The van der Waals surface area contributed by atoms with Gasteiger partial charge in [-0.15, -0.1) is 0 Å². The van der Waals surface area contributed by atoms with Crippen molar-refractivity contribution in [3.05, 3.63) is 65.7 Å². The van der Waals surface area contributed by atoms with E-state index in [1.165, 1.54) is 6.20 Å². The van der Waals surface area contributed by atoms with Gasteiger partial charge in [0.15, 0.2) is 0 Å². The van der Waals surface area contributed by atoms with Crippen molar-refractivity contribution in [3.63, 3.8) is 0 Å². The number of hydrogen-bond donors (Lipinski definition) is 1. The molecule has 0 saturated heterocycles. The molecule has 0 fully saturated rings. The van der Waals surface area contributed by atoms with Gasteiger partial charge >= 0.3 is 0 Å². The zero-order chi connectivity index (χ0) is 14.6. The predicted molar refractivity (Wildman–Crippen MR) is 77.9 cm³/mol. The van der Waals surface area contributed by atoms with Gasteiger partial charge in [0.25, 0.3) is 0 Å². The molecule has 0 bridgehead atoms. The Morgan fingerprint density at radius 2 is 1.80 bits per heavy atom. The number of halogens is 1. The molecule has 0 radical (unpaired) electrons. The van der Waals surface area contributed by atoms with E-state index in [0.29, 0.717) is 5.56 Å². The van der Waals surface area contributed by atoms with Gasteiger partial charge in [0.05, 0.1) is 12.3 Å². The molecule has 2 nitrogen and oxygen atoms in total. The molecule has 0 saturated carbocycles. The molecule has 1 atom stereocenters. The molecular formula is C17H20FNO. The van der Waals surface area contributed by atoms with Gasteiger partial charge in [0.2, 0.25) is 0 Å². The summed E-state index contributed by atoms with van der Waals surface area (Å²) in [5.41, 5.74) is 0.866. The Labute approximate surface area is 119 Å². The van der Waals surface area contributed by atoms with Gasteiger partial charge in [-0.25, -0.2) is 4.39 Å². The van der Waals surface area contributed by atoms with Gasteiger partial charge in [-0.1, -0.05) is 44.2 Å². The van der Waals surface area contributed by atoms with Crippen LogP contribution in [0.25, 0.3) is 0 Å². The van der Waals surface area contributed by atoms with E-state index in [9.17, 15) is 9.50 Å². The summed E-state index contributed by atoms with van der Waals surface area (Å²) < 4.78 is 13.9. The summed E-state index contributed by atoms with van der Waals surface area (Å²) in [6, 6.07) is 11.4. The monoisotopic (exact) mass is 273 g/mol. The molecule has 20 heavy (non-hydrogen) atoms. The lowest BCUT2D eigenvalue weighted by atomic mass is 9.69. The van der Waals surface area contributed by atoms with Gasteiger partial charge in [-0.05, 0) is 24.5 Å². The number of benzene rings is 1. The number of hydrogen-bond acceptors (Lipinski definition) is 2. The van der Waals surface area contributed by atoms with Crippen LogP contribution in [0.4, 0.5) is 4.39 Å². The number of pyridine rings is 1. The van der Waals surface area contributed by atoms with Crippen LogP contribution in [0.15, 0.2) is 48.8 Å². The number of nitrogens with zero attached hydrogens (tertiary/aromatic N) is 1. The summed E-state index contributed by atoms with van der Waals surface area (Å²) in [4.78, 5) is 3.75. The Morgan fingerprint density at radius 1 is 1.15 bits per heavy atom. The highest BCUT2D eigenvalue weighted by atomic mass is 19.1. The highest BCUT2D eigenvalue weighted by molar-refractivity contribution is 5.31. The molecule has 1 unspecified atom stereocenters. The minimum absolute atomic E-state index is 0.313. The number of aromatic nitrogens is 1. The summed E-state index contributed by atoms with van der Waals surface area (Å²) in [6.07, 6.45) is 3.25. The van der Waals surface area contributed by atoms with Crippen LogP contribution >= 0.6 is 0 Å². The minimum Gasteiger partial charge on any atom is -0.387 e. The Kier molecular flexibility index (Phi) is 4.50. The molecule has 1 aromatic heterocycles. The Hall–Kier alpha value is -1.74. The second-order valence-corrected chi connectivity index (χ2v) is 5.03. The van der Waals surface area contributed by atoms with Crippen LogP contribution in [0.2, 0.25) is 0 Å². The van der Waals surface area contributed by atoms with Gasteiger partial charge in [-0.2, -0.15) is 0 Å². The molecule has 2 rings (SSSR count). The second kappa shape index (κ2) is 6.14. The topological polar surface area (TPSA) is 33.1 Å². The van der Waals surface area contributed by atoms with Crippen LogP contribution in [0.3, 0.4) is 0 Å². The zero-order valence-corrected chi connectivity index (χ0v) is 11.9. The van der Waals surface area contributed by atoms with Crippen molar-refractivity contribution in [2.75, 3.05) is 0 Å². The zero-order valence-electron chi connectivity index (χ0n) is 11.9. The van der Waals surface area contributed by atoms with E-state index in [2.05, 4.69) is 4.98 Å². The van der Waals surface area contributed by atoms with Gasteiger partial charge in [0, 0.05) is 17.2 Å². The predicted octanol–water partition coefficient (Wildman–Crippen LogP) is 4.01. The summed E-state index contributed by atoms with van der Waals surface area (Å²) in [5.74, 6) is -0.456. The van der Waals surface area contributed by atoms with Crippen molar-refractivity contribution >= 4 is 0 Å². The normalized spacial score (nSPS) is 13.2. The fourth-order valence-corrected chi connectivity index (χ4v) is 2.88. The highest BCUT2D eigenvalue weighted by Crippen LogP contribution is 2.43. The number of aliphatic hydroxyl groups is 1. The van der Waals surface area contributed by atoms with E-state index in [1.54, 1.807) is 6.07 Å². The lowest BCUT2D eigenvalue weighted by Gasteiger charge is -2.37. The van der Waals surface area contributed by atoms with E-state index in [-0.39, 0.29) is 0 Å². The third-order valence-corrected chi connectivity index (χ3v) is 4.23. The third kappa shape index (κ3) is 2.46. The summed E-state index contributed by atoms with van der Waals surface area (Å²) in [5, 5.41) is 10.8. The first-order valence-electron chi connectivity index (χ1n) is 6.98. The largest absolute Gasteiger partial charge is 0.387 e. The SMILES string of the molecule is CCC(CC)(c1ccccc1)C(O)c1ccncc1F. The van der Waals surface area contributed by atoms with Crippen LogP contribution in [0.5, 0.6) is 0 Å². The molecule has 0 aliphatic rings. The smallest absolute Gasteiger partial charge is 0.147 e. The lowest BCUT2D eigenvalue weighted by Crippen LogP contribution is -2.33. The molecule has 0 spiro atoms. The van der Waals surface area contributed by atoms with E-state index in [4.69, 9.17) is 0 Å². The average Bonchev–Trinajstić information content (AvgIpc) is 2.50. The quantitative estimate of drug-likeness (QED) is 0.892. The Balaban J connectivity index is 2.51. The van der Waals surface area contributed by atoms with Crippen LogP contribution < -0.4 is 0 Å². The Bertz CT molecular complexity index is 552. The van der Waals surface area contributed by atoms with Crippen molar-refractivity contribution in [2.24, 2.45) is 0 Å². The maximum absolute atomic E-state index is 13.9. The molecule has 0 aliphatic carbocycles. The highest BCUT2D eigenvalue weighted by Gasteiger charge is 2.38. The third-order valence-electron chi connectivity index (χ3n) is 4.23. The maximum atomic E-state index is 13.9. The second-order valence-electron chi connectivity index (χ2n) is 5.03. The lowest BCUT2D eigenvalue weighted by molar-refractivity contribution is 0.0694. The molecule has 1 aromatic carbocycles. The van der Waals surface area contributed by atoms with Crippen LogP contribution in [0, 0.1) is 5.82 Å². The van der Waals surface area contributed by atoms with E-state index in [1.807, 2.05) is 44.2 Å². The maximum Gasteiger partial charge on any atom is 0.147 e. The summed E-state index contributed by atoms with van der Waals surface area (Å²) in [6.45, 7) is 4.05. The van der Waals surface area contributed by atoms with Gasteiger partial charge in [0.1, 0.15) is 5.82 Å². The number of aliphatic hydroxyl groups excluding tert-OH is 1. The first-order chi connectivity index (χ1) is 9.65. The van der Waals surface area contributed by atoms with Crippen LogP contribution in [-0.4, -0.2) is 10.1 Å². The van der Waals surface area contributed by atoms with Crippen molar-refractivity contribution in [2.45, 2.75) is 38.2 Å². The van der Waals surface area contributed by atoms with Gasteiger partial charge in [-0.3, -0.25) is 4.98 Å². The summed E-state index contributed by atoms with van der Waals surface area (Å²) >= 11 is 0. The molecular weight excluding hydrogens is 253 g/mol. The fraction of sp³-hybridized carbons (Fsp3) is 0.353. The Morgan fingerprint density at radius 3 is 2.35 bits per heavy atom. The van der Waals surface area contributed by atoms with Crippen LogP contribution in [0.1, 0.15) is 43.9 Å². The van der Waals surface area contributed by atoms with Crippen molar-refractivity contribution < 1.29 is 9.50 Å². The minimum atomic E-state index is -0.886. The first kappa shape index (κ1) is 14.7. The summed E-state index contributed by atoms with van der Waals surface area (Å²) in [7, 11) is 0. The average molecular weight is 273 g/mol. The molecule has 3 heteroatoms. The van der Waals surface area contributed by atoms with Crippen LogP contribution in [-0.2, 0) is 5.41 Å².